The molecule has 214 valence electrons. The number of aryl methyl sites for hydroxylation is 2. The highest BCUT2D eigenvalue weighted by Gasteiger charge is 2.38. The third-order valence-corrected chi connectivity index (χ3v) is 6.69. The Morgan fingerprint density at radius 1 is 1.02 bits per heavy atom. The van der Waals surface area contributed by atoms with Gasteiger partial charge < -0.3 is 24.6 Å². The number of ether oxygens (including phenoxy) is 2. The fourth-order valence-corrected chi connectivity index (χ4v) is 4.24. The van der Waals surface area contributed by atoms with E-state index in [1.54, 1.807) is 43.3 Å². The molecule has 1 atom stereocenters. The largest absolute Gasteiger partial charge is 0.493 e. The summed E-state index contributed by atoms with van der Waals surface area (Å²) in [6.45, 7) is 9.38. The van der Waals surface area contributed by atoms with Crippen LogP contribution in [0.2, 0.25) is 0 Å². The Kier molecular flexibility index (Phi) is 9.93. The number of anilines is 2. The van der Waals surface area contributed by atoms with Crippen molar-refractivity contribution in [2.75, 3.05) is 24.4 Å². The van der Waals surface area contributed by atoms with Crippen molar-refractivity contribution in [1.82, 2.24) is 10.5 Å². The number of rotatable bonds is 12. The van der Waals surface area contributed by atoms with Crippen LogP contribution >= 0.6 is 0 Å². The molecule has 0 fully saturated rings. The third kappa shape index (κ3) is 7.19. The molecule has 1 unspecified atom stereocenters. The first-order valence-electron chi connectivity index (χ1n) is 13.1. The summed E-state index contributed by atoms with van der Waals surface area (Å²) in [6, 6.07) is 13.0. The maximum Gasteiger partial charge on any atom is 0.248 e. The SMILES string of the molecule is CCC(C)(C)NC(=O)C(c1cccc(OC)c1OC)N(C(=O)CCC(=O)Nc1cc(C)on1)c1ccccc1C. The van der Waals surface area contributed by atoms with Crippen molar-refractivity contribution in [3.05, 3.63) is 65.4 Å². The molecule has 1 aromatic heterocycles. The molecule has 10 heteroatoms. The molecule has 1 heterocycles. The Hall–Kier alpha value is -4.34. The van der Waals surface area contributed by atoms with Gasteiger partial charge in [-0.3, -0.25) is 19.3 Å². The molecule has 3 rings (SSSR count). The molecule has 0 aliphatic rings. The van der Waals surface area contributed by atoms with Crippen LogP contribution in [0.5, 0.6) is 11.5 Å². The average Bonchev–Trinajstić information content (AvgIpc) is 3.34. The highest BCUT2D eigenvalue weighted by molar-refractivity contribution is 6.04. The molecule has 0 saturated carbocycles. The van der Waals surface area contributed by atoms with E-state index in [1.807, 2.05) is 39.8 Å². The van der Waals surface area contributed by atoms with E-state index in [4.69, 9.17) is 14.0 Å². The number of hydrogen-bond acceptors (Lipinski definition) is 7. The average molecular weight is 551 g/mol. The second-order valence-corrected chi connectivity index (χ2v) is 10.1. The minimum absolute atomic E-state index is 0.128. The monoisotopic (exact) mass is 550 g/mol. The van der Waals surface area contributed by atoms with E-state index in [0.29, 0.717) is 34.9 Å². The number of amides is 3. The van der Waals surface area contributed by atoms with Crippen LogP contribution in [-0.2, 0) is 14.4 Å². The van der Waals surface area contributed by atoms with Gasteiger partial charge in [-0.15, -0.1) is 0 Å². The third-order valence-electron chi connectivity index (χ3n) is 6.69. The van der Waals surface area contributed by atoms with Crippen molar-refractivity contribution >= 4 is 29.2 Å². The molecule has 0 aliphatic heterocycles. The van der Waals surface area contributed by atoms with Crippen LogP contribution in [-0.4, -0.2) is 42.6 Å². The van der Waals surface area contributed by atoms with Crippen molar-refractivity contribution in [2.24, 2.45) is 0 Å². The summed E-state index contributed by atoms with van der Waals surface area (Å²) in [4.78, 5) is 42.2. The van der Waals surface area contributed by atoms with Crippen molar-refractivity contribution < 1.29 is 28.4 Å². The van der Waals surface area contributed by atoms with Gasteiger partial charge in [-0.1, -0.05) is 42.4 Å². The quantitative estimate of drug-likeness (QED) is 0.321. The van der Waals surface area contributed by atoms with Gasteiger partial charge in [0.2, 0.25) is 17.7 Å². The van der Waals surface area contributed by atoms with Crippen LogP contribution in [0.15, 0.2) is 53.1 Å². The van der Waals surface area contributed by atoms with Crippen molar-refractivity contribution in [1.29, 1.82) is 0 Å². The van der Waals surface area contributed by atoms with Gasteiger partial charge in [0.1, 0.15) is 11.8 Å². The highest BCUT2D eigenvalue weighted by Crippen LogP contribution is 2.40. The van der Waals surface area contributed by atoms with E-state index >= 15 is 0 Å². The minimum Gasteiger partial charge on any atom is -0.493 e. The number of nitrogens with zero attached hydrogens (tertiary/aromatic N) is 2. The summed E-state index contributed by atoms with van der Waals surface area (Å²) in [5.74, 6) is 0.368. The van der Waals surface area contributed by atoms with E-state index in [2.05, 4.69) is 15.8 Å². The maximum atomic E-state index is 14.1. The number of aromatic nitrogens is 1. The zero-order valence-corrected chi connectivity index (χ0v) is 24.2. The zero-order chi connectivity index (χ0) is 29.4. The normalized spacial score (nSPS) is 11.9. The number of methoxy groups -OCH3 is 2. The minimum atomic E-state index is -1.12. The smallest absolute Gasteiger partial charge is 0.248 e. The van der Waals surface area contributed by atoms with Crippen LogP contribution in [0.1, 0.15) is 63.0 Å². The van der Waals surface area contributed by atoms with Crippen LogP contribution in [0.3, 0.4) is 0 Å². The fourth-order valence-electron chi connectivity index (χ4n) is 4.24. The first-order valence-corrected chi connectivity index (χ1v) is 13.1. The molecule has 3 amide bonds. The summed E-state index contributed by atoms with van der Waals surface area (Å²) < 4.78 is 16.2. The lowest BCUT2D eigenvalue weighted by Crippen LogP contribution is -2.50. The topological polar surface area (TPSA) is 123 Å². The molecule has 0 aliphatic carbocycles. The van der Waals surface area contributed by atoms with E-state index in [0.717, 1.165) is 5.56 Å². The maximum absolute atomic E-state index is 14.1. The lowest BCUT2D eigenvalue weighted by molar-refractivity contribution is -0.128. The Morgan fingerprint density at radius 3 is 2.35 bits per heavy atom. The molecular weight excluding hydrogens is 512 g/mol. The summed E-state index contributed by atoms with van der Waals surface area (Å²) in [5.41, 5.74) is 1.23. The first kappa shape index (κ1) is 30.2. The molecule has 0 saturated heterocycles. The van der Waals surface area contributed by atoms with Gasteiger partial charge in [-0.2, -0.15) is 0 Å². The fraction of sp³-hybridized carbons (Fsp3) is 0.400. The zero-order valence-electron chi connectivity index (χ0n) is 24.2. The first-order chi connectivity index (χ1) is 19.0. The van der Waals surface area contributed by atoms with E-state index in [9.17, 15) is 14.4 Å². The van der Waals surface area contributed by atoms with Crippen LogP contribution in [0, 0.1) is 13.8 Å². The molecular formula is C30H38N4O6. The van der Waals surface area contributed by atoms with Crippen LogP contribution in [0.25, 0.3) is 0 Å². The Labute approximate surface area is 235 Å². The highest BCUT2D eigenvalue weighted by atomic mass is 16.5. The van der Waals surface area contributed by atoms with Gasteiger partial charge in [0, 0.05) is 35.7 Å². The summed E-state index contributed by atoms with van der Waals surface area (Å²) in [6.07, 6.45) is 0.377. The Morgan fingerprint density at radius 2 is 1.75 bits per heavy atom. The van der Waals surface area contributed by atoms with Crippen molar-refractivity contribution in [2.45, 2.75) is 65.5 Å². The number of hydrogen-bond donors (Lipinski definition) is 2. The second kappa shape index (κ2) is 13.1. The number of carbonyl (C=O) groups excluding carboxylic acids is 3. The van der Waals surface area contributed by atoms with E-state index in [1.165, 1.54) is 19.1 Å². The lowest BCUT2D eigenvalue weighted by atomic mass is 9.96. The molecule has 2 N–H and O–H groups in total. The predicted octanol–water partition coefficient (Wildman–Crippen LogP) is 5.11. The van der Waals surface area contributed by atoms with Crippen molar-refractivity contribution in [3.63, 3.8) is 0 Å². The Bertz CT molecular complexity index is 1350. The number of nitrogens with one attached hydrogen (secondary N) is 2. The molecule has 3 aromatic rings. The van der Waals surface area contributed by atoms with Gasteiger partial charge in [-0.25, -0.2) is 0 Å². The Balaban J connectivity index is 2.08. The number of para-hydroxylation sites is 2. The summed E-state index contributed by atoms with van der Waals surface area (Å²) in [7, 11) is 3.00. The van der Waals surface area contributed by atoms with Gasteiger partial charge in [0.25, 0.3) is 0 Å². The molecule has 40 heavy (non-hydrogen) atoms. The van der Waals surface area contributed by atoms with E-state index < -0.39 is 29.3 Å². The van der Waals surface area contributed by atoms with Gasteiger partial charge in [0.05, 0.1) is 14.2 Å². The molecule has 10 nitrogen and oxygen atoms in total. The predicted molar refractivity (Wildman–Crippen MR) is 153 cm³/mol. The number of carbonyl (C=O) groups is 3. The molecule has 0 spiro atoms. The van der Waals surface area contributed by atoms with Crippen molar-refractivity contribution in [3.8, 4) is 11.5 Å². The molecule has 0 bridgehead atoms. The summed E-state index contributed by atoms with van der Waals surface area (Å²) >= 11 is 0. The molecule has 0 radical (unpaired) electrons. The standard InChI is InChI=1S/C30H38N4O6/c1-8-30(4,5)32-29(37)27(21-13-11-15-23(38-6)28(21)39-7)34(22-14-10-9-12-19(22)2)26(36)17-16-25(35)31-24-18-20(3)40-33-24/h9-15,18,27H,8,16-17H2,1-7H3,(H,32,37)(H,31,33,35). The summed E-state index contributed by atoms with van der Waals surface area (Å²) in [5, 5.41) is 9.49. The van der Waals surface area contributed by atoms with Gasteiger partial charge in [-0.05, 0) is 51.8 Å². The van der Waals surface area contributed by atoms with Gasteiger partial charge in [0.15, 0.2) is 17.3 Å². The van der Waals surface area contributed by atoms with E-state index in [-0.39, 0.29) is 18.7 Å². The van der Waals surface area contributed by atoms with Crippen LogP contribution in [0.4, 0.5) is 11.5 Å². The molecule has 2 aromatic carbocycles. The van der Waals surface area contributed by atoms with Gasteiger partial charge >= 0.3 is 0 Å². The lowest BCUT2D eigenvalue weighted by Gasteiger charge is -2.36. The van der Waals surface area contributed by atoms with Crippen LogP contribution < -0.4 is 25.0 Å². The number of benzene rings is 2. The second-order valence-electron chi connectivity index (χ2n) is 10.1.